The van der Waals surface area contributed by atoms with Gasteiger partial charge in [0, 0.05) is 23.9 Å². The number of imidazole rings is 1. The van der Waals surface area contributed by atoms with E-state index < -0.39 is 0 Å². The Hall–Kier alpha value is -3.41. The third-order valence-electron chi connectivity index (χ3n) is 4.66. The molecule has 6 heteroatoms. The Bertz CT molecular complexity index is 1140. The Morgan fingerprint density at radius 3 is 2.55 bits per heavy atom. The molecule has 2 heterocycles. The molecule has 0 atom stereocenters. The highest BCUT2D eigenvalue weighted by Crippen LogP contribution is 2.28. The predicted molar refractivity (Wildman–Crippen MR) is 114 cm³/mol. The van der Waals surface area contributed by atoms with E-state index in [2.05, 4.69) is 40.6 Å². The maximum absolute atomic E-state index is 12.6. The van der Waals surface area contributed by atoms with Crippen molar-refractivity contribution in [3.63, 3.8) is 0 Å². The van der Waals surface area contributed by atoms with Crippen molar-refractivity contribution in [1.29, 1.82) is 0 Å². The summed E-state index contributed by atoms with van der Waals surface area (Å²) < 4.78 is 7.84. The molecule has 0 spiro atoms. The minimum Gasteiger partial charge on any atom is -0.441 e. The lowest BCUT2D eigenvalue weighted by molar-refractivity contribution is -0.116. The van der Waals surface area contributed by atoms with Gasteiger partial charge in [0.15, 0.2) is 11.7 Å². The van der Waals surface area contributed by atoms with Crippen LogP contribution in [0.3, 0.4) is 0 Å². The van der Waals surface area contributed by atoms with Crippen molar-refractivity contribution in [2.45, 2.75) is 39.2 Å². The summed E-state index contributed by atoms with van der Waals surface area (Å²) in [6, 6.07) is 17.7. The molecule has 6 nitrogen and oxygen atoms in total. The third kappa shape index (κ3) is 4.06. The number of anilines is 1. The first-order chi connectivity index (χ1) is 13.9. The number of amides is 1. The Labute approximate surface area is 169 Å². The standard InChI is InChI=1S/C23H24N4O2/c1-23(2,3)27-18-12-8-7-11-17(18)25-22(27)26-20(28)13-14-21-24-15-19(29-21)16-9-5-4-6-10-16/h4-12,15H,13-14H2,1-3H3,(H,25,26,28). The molecule has 2 aromatic carbocycles. The first-order valence-corrected chi connectivity index (χ1v) is 9.70. The molecule has 4 rings (SSSR count). The molecule has 1 amide bonds. The second kappa shape index (κ2) is 7.54. The van der Waals surface area contributed by atoms with Crippen LogP contribution in [-0.2, 0) is 16.8 Å². The topological polar surface area (TPSA) is 73.0 Å². The molecule has 148 valence electrons. The molecule has 2 aromatic heterocycles. The molecule has 0 saturated carbocycles. The van der Waals surface area contributed by atoms with E-state index in [1.54, 1.807) is 6.20 Å². The highest BCUT2D eigenvalue weighted by Gasteiger charge is 2.22. The average Bonchev–Trinajstić information content (AvgIpc) is 3.31. The summed E-state index contributed by atoms with van der Waals surface area (Å²) in [4.78, 5) is 21.5. The maximum Gasteiger partial charge on any atom is 0.227 e. The minimum absolute atomic E-state index is 0.120. The van der Waals surface area contributed by atoms with E-state index in [0.717, 1.165) is 16.6 Å². The van der Waals surface area contributed by atoms with Gasteiger partial charge in [-0.05, 0) is 32.9 Å². The summed E-state index contributed by atoms with van der Waals surface area (Å²) >= 11 is 0. The van der Waals surface area contributed by atoms with E-state index in [4.69, 9.17) is 4.42 Å². The lowest BCUT2D eigenvalue weighted by Crippen LogP contribution is -2.26. The molecule has 29 heavy (non-hydrogen) atoms. The van der Waals surface area contributed by atoms with Crippen LogP contribution in [0.4, 0.5) is 5.95 Å². The van der Waals surface area contributed by atoms with Gasteiger partial charge in [-0.1, -0.05) is 42.5 Å². The van der Waals surface area contributed by atoms with Crippen LogP contribution >= 0.6 is 0 Å². The van der Waals surface area contributed by atoms with E-state index in [1.807, 2.05) is 54.6 Å². The number of carbonyl (C=O) groups excluding carboxylic acids is 1. The van der Waals surface area contributed by atoms with E-state index >= 15 is 0 Å². The number of nitrogens with zero attached hydrogens (tertiary/aromatic N) is 3. The van der Waals surface area contributed by atoms with E-state index in [-0.39, 0.29) is 17.9 Å². The van der Waals surface area contributed by atoms with Gasteiger partial charge in [0.25, 0.3) is 0 Å². The molecule has 0 aliphatic rings. The van der Waals surface area contributed by atoms with Gasteiger partial charge in [0.2, 0.25) is 11.9 Å². The van der Waals surface area contributed by atoms with Gasteiger partial charge < -0.3 is 8.98 Å². The molecular formula is C23H24N4O2. The van der Waals surface area contributed by atoms with Gasteiger partial charge in [-0.2, -0.15) is 0 Å². The zero-order valence-electron chi connectivity index (χ0n) is 16.8. The van der Waals surface area contributed by atoms with Crippen LogP contribution in [0.2, 0.25) is 0 Å². The van der Waals surface area contributed by atoms with Crippen molar-refractivity contribution in [2.75, 3.05) is 5.32 Å². The first kappa shape index (κ1) is 18.9. The summed E-state index contributed by atoms with van der Waals surface area (Å²) in [5.41, 5.74) is 2.61. The van der Waals surface area contributed by atoms with Crippen molar-refractivity contribution >= 4 is 22.9 Å². The quantitative estimate of drug-likeness (QED) is 0.521. The molecule has 0 radical (unpaired) electrons. The Balaban J connectivity index is 1.46. The van der Waals surface area contributed by atoms with Crippen LogP contribution in [0.5, 0.6) is 0 Å². The Morgan fingerprint density at radius 2 is 1.79 bits per heavy atom. The fourth-order valence-corrected chi connectivity index (χ4v) is 3.36. The number of hydrogen-bond acceptors (Lipinski definition) is 4. The van der Waals surface area contributed by atoms with Crippen molar-refractivity contribution < 1.29 is 9.21 Å². The van der Waals surface area contributed by atoms with Gasteiger partial charge in [0.05, 0.1) is 17.2 Å². The second-order valence-electron chi connectivity index (χ2n) is 7.96. The van der Waals surface area contributed by atoms with Gasteiger partial charge in [-0.25, -0.2) is 9.97 Å². The van der Waals surface area contributed by atoms with Crippen molar-refractivity contribution in [3.8, 4) is 11.3 Å². The minimum atomic E-state index is -0.216. The molecule has 1 N–H and O–H groups in total. The summed E-state index contributed by atoms with van der Waals surface area (Å²) in [6.45, 7) is 6.28. The van der Waals surface area contributed by atoms with Crippen LogP contribution in [0.1, 0.15) is 33.1 Å². The third-order valence-corrected chi connectivity index (χ3v) is 4.66. The fraction of sp³-hybridized carbons (Fsp3) is 0.261. The number of benzene rings is 2. The summed E-state index contributed by atoms with van der Waals surface area (Å²) in [6.07, 6.45) is 2.39. The van der Waals surface area contributed by atoms with Crippen LogP contribution in [0, 0.1) is 0 Å². The first-order valence-electron chi connectivity index (χ1n) is 9.70. The molecule has 0 unspecified atom stereocenters. The van der Waals surface area contributed by atoms with Crippen molar-refractivity contribution in [2.24, 2.45) is 0 Å². The smallest absolute Gasteiger partial charge is 0.227 e. The van der Waals surface area contributed by atoms with Crippen LogP contribution < -0.4 is 5.32 Å². The number of carbonyl (C=O) groups is 1. The van der Waals surface area contributed by atoms with Crippen LogP contribution in [0.25, 0.3) is 22.4 Å². The van der Waals surface area contributed by atoms with Gasteiger partial charge in [0.1, 0.15) is 0 Å². The molecule has 0 aliphatic heterocycles. The second-order valence-corrected chi connectivity index (χ2v) is 7.96. The number of aromatic nitrogens is 3. The molecule has 0 bridgehead atoms. The summed E-state index contributed by atoms with van der Waals surface area (Å²) in [7, 11) is 0. The lowest BCUT2D eigenvalue weighted by Gasteiger charge is -2.24. The number of oxazole rings is 1. The van der Waals surface area contributed by atoms with Gasteiger partial charge in [-0.3, -0.25) is 10.1 Å². The highest BCUT2D eigenvalue weighted by atomic mass is 16.4. The number of hydrogen-bond donors (Lipinski definition) is 1. The van der Waals surface area contributed by atoms with Crippen molar-refractivity contribution in [1.82, 2.24) is 14.5 Å². The van der Waals surface area contributed by atoms with Crippen LogP contribution in [-0.4, -0.2) is 20.4 Å². The average molecular weight is 388 g/mol. The summed E-state index contributed by atoms with van der Waals surface area (Å²) in [5, 5.41) is 2.96. The fourth-order valence-electron chi connectivity index (χ4n) is 3.36. The predicted octanol–water partition coefficient (Wildman–Crippen LogP) is 5.02. The number of aryl methyl sites for hydroxylation is 1. The number of rotatable bonds is 5. The van der Waals surface area contributed by atoms with Crippen molar-refractivity contribution in [3.05, 3.63) is 66.7 Å². The maximum atomic E-state index is 12.6. The van der Waals surface area contributed by atoms with Gasteiger partial charge >= 0.3 is 0 Å². The summed E-state index contributed by atoms with van der Waals surface area (Å²) in [5.74, 6) is 1.69. The molecule has 0 fully saturated rings. The van der Waals surface area contributed by atoms with Crippen LogP contribution in [0.15, 0.2) is 65.2 Å². The monoisotopic (exact) mass is 388 g/mol. The molecule has 4 aromatic rings. The Kier molecular flexibility index (Phi) is 4.92. The highest BCUT2D eigenvalue weighted by molar-refractivity contribution is 5.91. The van der Waals surface area contributed by atoms with E-state index in [9.17, 15) is 4.79 Å². The number of para-hydroxylation sites is 2. The SMILES string of the molecule is CC(C)(C)n1c(NC(=O)CCc2ncc(-c3ccccc3)o2)nc2ccccc21. The lowest BCUT2D eigenvalue weighted by atomic mass is 10.1. The molecular weight excluding hydrogens is 364 g/mol. The van der Waals surface area contributed by atoms with E-state index in [1.165, 1.54) is 0 Å². The number of nitrogens with one attached hydrogen (secondary N) is 1. The molecule has 0 saturated heterocycles. The molecule has 0 aliphatic carbocycles. The zero-order valence-corrected chi connectivity index (χ0v) is 16.8. The van der Waals surface area contributed by atoms with E-state index in [0.29, 0.717) is 24.0 Å². The normalized spacial score (nSPS) is 11.7. The van der Waals surface area contributed by atoms with Gasteiger partial charge in [-0.15, -0.1) is 0 Å². The zero-order chi connectivity index (χ0) is 20.4. The largest absolute Gasteiger partial charge is 0.441 e. The number of fused-ring (bicyclic) bond motifs is 1. The Morgan fingerprint density at radius 1 is 1.07 bits per heavy atom.